The maximum Gasteiger partial charge on any atom is 0.179 e. The van der Waals surface area contributed by atoms with E-state index in [0.29, 0.717) is 32.9 Å². The maximum atomic E-state index is 11.8. The van der Waals surface area contributed by atoms with Gasteiger partial charge in [-0.25, -0.2) is 8.42 Å². The molecule has 1 aliphatic heterocycles. The summed E-state index contributed by atoms with van der Waals surface area (Å²) < 4.78 is 23.6. The van der Waals surface area contributed by atoms with Gasteiger partial charge < -0.3 is 5.73 Å². The summed E-state index contributed by atoms with van der Waals surface area (Å²) in [7, 11) is -3.15. The number of aromatic nitrogens is 1. The first-order chi connectivity index (χ1) is 8.00. The Kier molecular flexibility index (Phi) is 2.12. The van der Waals surface area contributed by atoms with Crippen molar-refractivity contribution in [1.82, 2.24) is 4.98 Å². The van der Waals surface area contributed by atoms with Crippen molar-refractivity contribution in [3.05, 3.63) is 28.9 Å². The molecule has 6 heteroatoms. The van der Waals surface area contributed by atoms with E-state index in [9.17, 15) is 8.42 Å². The lowest BCUT2D eigenvalue weighted by Crippen LogP contribution is -1.98. The van der Waals surface area contributed by atoms with Crippen molar-refractivity contribution in [2.45, 2.75) is 11.3 Å². The van der Waals surface area contributed by atoms with Crippen LogP contribution in [0.4, 0.5) is 5.69 Å². The zero-order chi connectivity index (χ0) is 12.2. The summed E-state index contributed by atoms with van der Waals surface area (Å²) in [6, 6.07) is 3.27. The highest BCUT2D eigenvalue weighted by Crippen LogP contribution is 2.37. The van der Waals surface area contributed by atoms with E-state index in [2.05, 4.69) is 4.98 Å². The molecule has 0 saturated heterocycles. The Morgan fingerprint density at radius 2 is 2.12 bits per heavy atom. The van der Waals surface area contributed by atoms with Crippen LogP contribution in [-0.2, 0) is 16.3 Å². The first-order valence-corrected chi connectivity index (χ1v) is 7.12. The predicted molar refractivity (Wildman–Crippen MR) is 66.9 cm³/mol. The monoisotopic (exact) mass is 268 g/mol. The van der Waals surface area contributed by atoms with Crippen molar-refractivity contribution >= 4 is 38.0 Å². The summed E-state index contributed by atoms with van der Waals surface area (Å²) in [5.74, 6) is 0.132. The number of rotatable bonds is 0. The summed E-state index contributed by atoms with van der Waals surface area (Å²) in [5, 5.41) is 1.06. The van der Waals surface area contributed by atoms with E-state index in [1.807, 2.05) is 0 Å². The van der Waals surface area contributed by atoms with Gasteiger partial charge >= 0.3 is 0 Å². The van der Waals surface area contributed by atoms with Gasteiger partial charge in [0, 0.05) is 5.39 Å². The van der Waals surface area contributed by atoms with E-state index in [0.717, 1.165) is 5.56 Å². The molecule has 0 aliphatic carbocycles. The van der Waals surface area contributed by atoms with Gasteiger partial charge in [-0.2, -0.15) is 0 Å². The van der Waals surface area contributed by atoms with Crippen LogP contribution in [-0.4, -0.2) is 19.2 Å². The Morgan fingerprint density at radius 1 is 1.35 bits per heavy atom. The minimum Gasteiger partial charge on any atom is -0.396 e. The van der Waals surface area contributed by atoms with Gasteiger partial charge in [0.25, 0.3) is 0 Å². The molecule has 4 nitrogen and oxygen atoms in total. The Labute approximate surface area is 103 Å². The maximum absolute atomic E-state index is 11.8. The van der Waals surface area contributed by atoms with E-state index in [1.165, 1.54) is 6.20 Å². The van der Waals surface area contributed by atoms with Gasteiger partial charge in [-0.05, 0) is 24.1 Å². The van der Waals surface area contributed by atoms with Gasteiger partial charge in [0.05, 0.1) is 33.1 Å². The molecule has 0 atom stereocenters. The zero-order valence-corrected chi connectivity index (χ0v) is 10.3. The normalized spacial score (nSPS) is 17.2. The van der Waals surface area contributed by atoms with Crippen molar-refractivity contribution < 1.29 is 8.42 Å². The van der Waals surface area contributed by atoms with Gasteiger partial charge in [-0.1, -0.05) is 11.6 Å². The van der Waals surface area contributed by atoms with Gasteiger partial charge in [-0.3, -0.25) is 4.98 Å². The second-order valence-corrected chi connectivity index (χ2v) is 6.49. The van der Waals surface area contributed by atoms with Crippen LogP contribution in [0.1, 0.15) is 5.56 Å². The molecule has 2 aromatic rings. The van der Waals surface area contributed by atoms with Gasteiger partial charge in [-0.15, -0.1) is 0 Å². The van der Waals surface area contributed by atoms with Gasteiger partial charge in [0.2, 0.25) is 0 Å². The number of nitrogen functional groups attached to an aromatic ring is 1. The van der Waals surface area contributed by atoms with Crippen LogP contribution in [0.15, 0.2) is 23.2 Å². The fraction of sp³-hybridized carbons (Fsp3) is 0.182. The summed E-state index contributed by atoms with van der Waals surface area (Å²) in [6.07, 6.45) is 1.96. The van der Waals surface area contributed by atoms with E-state index in [1.54, 1.807) is 12.1 Å². The van der Waals surface area contributed by atoms with Crippen molar-refractivity contribution in [3.63, 3.8) is 0 Å². The van der Waals surface area contributed by atoms with E-state index >= 15 is 0 Å². The molecule has 2 heterocycles. The lowest BCUT2D eigenvalue weighted by atomic mass is 10.1. The number of fused-ring (bicyclic) bond motifs is 3. The molecule has 17 heavy (non-hydrogen) atoms. The van der Waals surface area contributed by atoms with Crippen LogP contribution in [0, 0.1) is 0 Å². The average Bonchev–Trinajstić information content (AvgIpc) is 2.60. The predicted octanol–water partition coefficient (Wildman–Crippen LogP) is 1.80. The molecule has 0 bridgehead atoms. The molecule has 0 unspecified atom stereocenters. The Bertz CT molecular complexity index is 741. The zero-order valence-electron chi connectivity index (χ0n) is 8.77. The number of pyridine rings is 1. The molecular weight excluding hydrogens is 260 g/mol. The topological polar surface area (TPSA) is 73.0 Å². The number of aryl methyl sites for hydroxylation is 1. The van der Waals surface area contributed by atoms with E-state index in [-0.39, 0.29) is 5.75 Å². The summed E-state index contributed by atoms with van der Waals surface area (Å²) in [5.41, 5.74) is 7.50. The second kappa shape index (κ2) is 3.34. The molecule has 1 aliphatic rings. The number of benzene rings is 1. The number of halogens is 1. The Hall–Kier alpha value is -1.33. The van der Waals surface area contributed by atoms with Crippen molar-refractivity contribution in [2.75, 3.05) is 11.5 Å². The molecule has 0 fully saturated rings. The quantitative estimate of drug-likeness (QED) is 0.791. The van der Waals surface area contributed by atoms with Crippen molar-refractivity contribution in [3.8, 4) is 0 Å². The third-order valence-corrected chi connectivity index (χ3v) is 5.22. The highest BCUT2D eigenvalue weighted by molar-refractivity contribution is 7.91. The first kappa shape index (κ1) is 10.8. The second-order valence-electron chi connectivity index (χ2n) is 4.03. The molecule has 0 radical (unpaired) electrons. The smallest absolute Gasteiger partial charge is 0.179 e. The van der Waals surface area contributed by atoms with E-state index in [4.69, 9.17) is 17.3 Å². The molecule has 0 amide bonds. The van der Waals surface area contributed by atoms with Crippen LogP contribution in [0.25, 0.3) is 10.9 Å². The lowest BCUT2D eigenvalue weighted by Gasteiger charge is -2.07. The molecule has 1 aromatic heterocycles. The minimum absolute atomic E-state index is 0.132. The fourth-order valence-corrected chi connectivity index (χ4v) is 4.00. The van der Waals surface area contributed by atoms with Crippen LogP contribution in [0.3, 0.4) is 0 Å². The third kappa shape index (κ3) is 1.42. The van der Waals surface area contributed by atoms with Crippen molar-refractivity contribution in [2.24, 2.45) is 0 Å². The van der Waals surface area contributed by atoms with Crippen LogP contribution in [0.2, 0.25) is 5.02 Å². The van der Waals surface area contributed by atoms with Crippen LogP contribution >= 0.6 is 11.6 Å². The number of nitrogens with two attached hydrogens (primary N) is 1. The molecule has 1 aromatic carbocycles. The molecular formula is C11H9ClN2O2S. The Morgan fingerprint density at radius 3 is 2.88 bits per heavy atom. The molecule has 2 N–H and O–H groups in total. The summed E-state index contributed by atoms with van der Waals surface area (Å²) in [4.78, 5) is 4.52. The highest BCUT2D eigenvalue weighted by Gasteiger charge is 2.28. The Balaban J connectivity index is 2.52. The summed E-state index contributed by atoms with van der Waals surface area (Å²) >= 11 is 6.14. The lowest BCUT2D eigenvalue weighted by molar-refractivity contribution is 0.600. The molecule has 0 saturated carbocycles. The minimum atomic E-state index is -3.15. The average molecular weight is 269 g/mol. The first-order valence-electron chi connectivity index (χ1n) is 5.09. The SMILES string of the molecule is Nc1cnc2ccc3c(c2c1Cl)CCS3(=O)=O. The van der Waals surface area contributed by atoms with Gasteiger partial charge in [0.1, 0.15) is 0 Å². The fourth-order valence-electron chi connectivity index (χ4n) is 2.19. The number of hydrogen-bond donors (Lipinski definition) is 1. The van der Waals surface area contributed by atoms with Gasteiger partial charge in [0.15, 0.2) is 9.84 Å². The largest absolute Gasteiger partial charge is 0.396 e. The molecule has 0 spiro atoms. The number of hydrogen-bond acceptors (Lipinski definition) is 4. The molecule has 88 valence electrons. The standard InChI is InChI=1S/C11H9ClN2O2S/c12-11-7(13)5-14-8-1-2-9-6(10(8)11)3-4-17(9,15)16/h1-2,5H,3-4,13H2. The van der Waals surface area contributed by atoms with Crippen molar-refractivity contribution in [1.29, 1.82) is 0 Å². The van der Waals surface area contributed by atoms with Crippen LogP contribution < -0.4 is 5.73 Å². The number of nitrogens with zero attached hydrogens (tertiary/aromatic N) is 1. The van der Waals surface area contributed by atoms with E-state index < -0.39 is 9.84 Å². The number of sulfone groups is 1. The summed E-state index contributed by atoms with van der Waals surface area (Å²) in [6.45, 7) is 0. The molecule has 3 rings (SSSR count). The third-order valence-electron chi connectivity index (χ3n) is 3.02. The number of anilines is 1. The van der Waals surface area contributed by atoms with Crippen LogP contribution in [0.5, 0.6) is 0 Å². The highest BCUT2D eigenvalue weighted by atomic mass is 35.5.